The lowest BCUT2D eigenvalue weighted by Crippen LogP contribution is -2.30. The van der Waals surface area contributed by atoms with Crippen molar-refractivity contribution in [2.45, 2.75) is 11.3 Å². The molecule has 1 amide bonds. The molecular formula is C18H17BrN2O4S. The number of amides is 1. The van der Waals surface area contributed by atoms with Gasteiger partial charge in [0.25, 0.3) is 5.91 Å². The van der Waals surface area contributed by atoms with Gasteiger partial charge in [0.1, 0.15) is 12.4 Å². The zero-order chi connectivity index (χ0) is 18.7. The Labute approximate surface area is 160 Å². The largest absolute Gasteiger partial charge is 0.488 e. The topological polar surface area (TPSA) is 98.5 Å². The maximum absolute atomic E-state index is 12.3. The number of rotatable bonds is 5. The van der Waals surface area contributed by atoms with Crippen LogP contribution in [0, 0.1) is 0 Å². The van der Waals surface area contributed by atoms with Crippen LogP contribution in [-0.4, -0.2) is 27.5 Å². The summed E-state index contributed by atoms with van der Waals surface area (Å²) >= 11 is 3.40. The summed E-state index contributed by atoms with van der Waals surface area (Å²) in [5, 5.41) is 7.92. The van der Waals surface area contributed by atoms with E-state index >= 15 is 0 Å². The Hall–Kier alpha value is -2.16. The molecular weight excluding hydrogens is 420 g/mol. The van der Waals surface area contributed by atoms with E-state index in [1.54, 1.807) is 12.1 Å². The van der Waals surface area contributed by atoms with Crippen LogP contribution < -0.4 is 15.2 Å². The molecule has 0 radical (unpaired) electrons. The average Bonchev–Trinajstić information content (AvgIpc) is 2.60. The molecule has 0 spiro atoms. The quantitative estimate of drug-likeness (QED) is 0.750. The summed E-state index contributed by atoms with van der Waals surface area (Å²) in [6.45, 7) is 0.653. The fraction of sp³-hybridized carbons (Fsp3) is 0.167. The van der Waals surface area contributed by atoms with Gasteiger partial charge in [-0.15, -0.1) is 0 Å². The molecule has 0 unspecified atom stereocenters. The first-order valence-electron chi connectivity index (χ1n) is 7.86. The van der Waals surface area contributed by atoms with Crippen molar-refractivity contribution in [1.29, 1.82) is 0 Å². The lowest BCUT2D eigenvalue weighted by atomic mass is 10.1. The van der Waals surface area contributed by atoms with Crippen molar-refractivity contribution in [2.75, 3.05) is 13.2 Å². The third kappa shape index (κ3) is 4.51. The number of primary sulfonamides is 1. The minimum atomic E-state index is -3.69. The lowest BCUT2D eigenvalue weighted by molar-refractivity contribution is -0.117. The van der Waals surface area contributed by atoms with Crippen molar-refractivity contribution in [3.63, 3.8) is 0 Å². The Balaban J connectivity index is 1.58. The molecule has 1 aliphatic rings. The summed E-state index contributed by atoms with van der Waals surface area (Å²) in [4.78, 5) is 12.4. The number of hydrogen-bond donors (Lipinski definition) is 2. The van der Waals surface area contributed by atoms with Crippen LogP contribution >= 0.6 is 15.9 Å². The van der Waals surface area contributed by atoms with Crippen molar-refractivity contribution >= 4 is 37.9 Å². The van der Waals surface area contributed by atoms with Gasteiger partial charge < -0.3 is 10.1 Å². The maximum atomic E-state index is 12.3. The van der Waals surface area contributed by atoms with Crippen molar-refractivity contribution < 1.29 is 17.9 Å². The predicted octanol–water partition coefficient (Wildman–Crippen LogP) is 2.23. The smallest absolute Gasteiger partial charge is 0.250 e. The number of carbonyl (C=O) groups is 1. The molecule has 0 bridgehead atoms. The number of nitrogens with one attached hydrogen (secondary N) is 1. The number of nitrogens with two attached hydrogens (primary N) is 1. The maximum Gasteiger partial charge on any atom is 0.250 e. The Morgan fingerprint density at radius 1 is 1.19 bits per heavy atom. The molecule has 0 saturated heterocycles. The summed E-state index contributed by atoms with van der Waals surface area (Å²) in [6.07, 6.45) is 2.40. The summed E-state index contributed by atoms with van der Waals surface area (Å²) in [5.74, 6) is 0.566. The van der Waals surface area contributed by atoms with Gasteiger partial charge >= 0.3 is 0 Å². The van der Waals surface area contributed by atoms with E-state index in [0.717, 1.165) is 21.3 Å². The molecule has 0 fully saturated rings. The fourth-order valence-electron chi connectivity index (χ4n) is 2.56. The molecule has 0 aromatic heterocycles. The number of halogens is 1. The van der Waals surface area contributed by atoms with Gasteiger partial charge in [0.05, 0.1) is 10.5 Å². The Morgan fingerprint density at radius 2 is 1.92 bits per heavy atom. The molecule has 0 aliphatic carbocycles. The summed E-state index contributed by atoms with van der Waals surface area (Å²) < 4.78 is 29.0. The first-order valence-corrected chi connectivity index (χ1v) is 10.2. The second kappa shape index (κ2) is 7.61. The van der Waals surface area contributed by atoms with Crippen LogP contribution in [0.5, 0.6) is 5.75 Å². The lowest BCUT2D eigenvalue weighted by Gasteiger charge is -2.18. The third-order valence-electron chi connectivity index (χ3n) is 3.93. The fourth-order valence-corrected chi connectivity index (χ4v) is 3.45. The molecule has 26 heavy (non-hydrogen) atoms. The van der Waals surface area contributed by atoms with Gasteiger partial charge in [-0.2, -0.15) is 0 Å². The highest BCUT2D eigenvalue weighted by Gasteiger charge is 2.17. The first-order chi connectivity index (χ1) is 12.3. The second-order valence-electron chi connectivity index (χ2n) is 5.84. The average molecular weight is 437 g/mol. The molecule has 3 rings (SSSR count). The number of sulfonamides is 1. The van der Waals surface area contributed by atoms with Crippen molar-refractivity contribution in [2.24, 2.45) is 5.14 Å². The second-order valence-corrected chi connectivity index (χ2v) is 8.31. The molecule has 136 valence electrons. The zero-order valence-electron chi connectivity index (χ0n) is 13.7. The Morgan fingerprint density at radius 3 is 2.62 bits per heavy atom. The van der Waals surface area contributed by atoms with Crippen LogP contribution in [0.4, 0.5) is 0 Å². The number of hydrogen-bond acceptors (Lipinski definition) is 4. The van der Waals surface area contributed by atoms with Crippen LogP contribution in [-0.2, 0) is 21.2 Å². The van der Waals surface area contributed by atoms with E-state index in [-0.39, 0.29) is 17.4 Å². The highest BCUT2D eigenvalue weighted by atomic mass is 79.9. The van der Waals surface area contributed by atoms with E-state index in [2.05, 4.69) is 21.2 Å². The number of benzene rings is 2. The molecule has 6 nitrogen and oxygen atoms in total. The summed E-state index contributed by atoms with van der Waals surface area (Å²) in [6, 6.07) is 11.9. The van der Waals surface area contributed by atoms with Gasteiger partial charge in [-0.25, -0.2) is 13.6 Å². The third-order valence-corrected chi connectivity index (χ3v) is 5.35. The van der Waals surface area contributed by atoms with Gasteiger partial charge in [0.15, 0.2) is 0 Å². The van der Waals surface area contributed by atoms with Crippen LogP contribution in [0.2, 0.25) is 0 Å². The standard InChI is InChI=1S/C18H17BrN2O4S/c19-15-3-6-17-13(10-15)9-14(11-25-17)18(22)21-8-7-12-1-4-16(5-2-12)26(20,23)24/h1-6,9-10H,7-8,11H2,(H,21,22)(H2,20,23,24). The molecule has 8 heteroatoms. The van der Waals surface area contributed by atoms with Gasteiger partial charge in [-0.1, -0.05) is 28.1 Å². The van der Waals surface area contributed by atoms with Crippen molar-refractivity contribution in [1.82, 2.24) is 5.32 Å². The highest BCUT2D eigenvalue weighted by molar-refractivity contribution is 9.10. The van der Waals surface area contributed by atoms with Crippen LogP contribution in [0.15, 0.2) is 57.4 Å². The van der Waals surface area contributed by atoms with Crippen LogP contribution in [0.1, 0.15) is 11.1 Å². The van der Waals surface area contributed by atoms with E-state index < -0.39 is 10.0 Å². The van der Waals surface area contributed by atoms with Crippen LogP contribution in [0.3, 0.4) is 0 Å². The highest BCUT2D eigenvalue weighted by Crippen LogP contribution is 2.29. The van der Waals surface area contributed by atoms with Crippen molar-refractivity contribution in [3.05, 3.63) is 63.6 Å². The summed E-state index contributed by atoms with van der Waals surface area (Å²) in [7, 11) is -3.69. The molecule has 0 saturated carbocycles. The predicted molar refractivity (Wildman–Crippen MR) is 102 cm³/mol. The monoisotopic (exact) mass is 436 g/mol. The van der Waals surface area contributed by atoms with E-state index in [1.165, 1.54) is 12.1 Å². The SMILES string of the molecule is NS(=O)(=O)c1ccc(CCNC(=O)C2=Cc3cc(Br)ccc3OC2)cc1. The Kier molecular flexibility index (Phi) is 5.45. The van der Waals surface area contributed by atoms with E-state index in [0.29, 0.717) is 18.5 Å². The molecule has 2 aromatic rings. The molecule has 1 aliphatic heterocycles. The Bertz CT molecular complexity index is 969. The van der Waals surface area contributed by atoms with Gasteiger partial charge in [-0.05, 0) is 48.4 Å². The minimum absolute atomic E-state index is 0.0691. The molecule has 3 N–H and O–H groups in total. The number of carbonyl (C=O) groups excluding carboxylic acids is 1. The van der Waals surface area contributed by atoms with E-state index in [1.807, 2.05) is 24.3 Å². The van der Waals surface area contributed by atoms with E-state index in [4.69, 9.17) is 9.88 Å². The van der Waals surface area contributed by atoms with Gasteiger partial charge in [-0.3, -0.25) is 4.79 Å². The van der Waals surface area contributed by atoms with E-state index in [9.17, 15) is 13.2 Å². The number of fused-ring (bicyclic) bond motifs is 1. The molecule has 0 atom stereocenters. The zero-order valence-corrected chi connectivity index (χ0v) is 16.1. The molecule has 2 aromatic carbocycles. The molecule has 1 heterocycles. The minimum Gasteiger partial charge on any atom is -0.488 e. The number of ether oxygens (including phenoxy) is 1. The van der Waals surface area contributed by atoms with Gasteiger partial charge in [0.2, 0.25) is 10.0 Å². The van der Waals surface area contributed by atoms with Crippen LogP contribution in [0.25, 0.3) is 6.08 Å². The normalized spacial score (nSPS) is 13.4. The first kappa shape index (κ1) is 18.6. The van der Waals surface area contributed by atoms with Gasteiger partial charge in [0, 0.05) is 16.6 Å². The van der Waals surface area contributed by atoms with Crippen molar-refractivity contribution in [3.8, 4) is 5.75 Å². The summed E-state index contributed by atoms with van der Waals surface area (Å²) in [5.41, 5.74) is 2.32.